The number of aliphatic hydroxyl groups excluding tert-OH is 1. The molecule has 0 radical (unpaired) electrons. The van der Waals surface area contributed by atoms with E-state index in [1.807, 2.05) is 36.4 Å². The molecule has 1 heterocycles. The van der Waals surface area contributed by atoms with Gasteiger partial charge in [-0.1, -0.05) is 99.2 Å². The highest BCUT2D eigenvalue weighted by Crippen LogP contribution is 2.39. The van der Waals surface area contributed by atoms with Crippen LogP contribution in [0.1, 0.15) is 75.0 Å². The molecule has 180 valence electrons. The highest BCUT2D eigenvalue weighted by molar-refractivity contribution is 6.46. The topological polar surface area (TPSA) is 94.9 Å². The third-order valence-electron chi connectivity index (χ3n) is 6.24. The van der Waals surface area contributed by atoms with Crippen LogP contribution < -0.4 is 0 Å². The Labute approximate surface area is 200 Å². The first-order valence-corrected chi connectivity index (χ1v) is 12.1. The third kappa shape index (κ3) is 6.56. The molecule has 2 N–H and O–H groups in total. The smallest absolute Gasteiger partial charge is 0.303 e. The van der Waals surface area contributed by atoms with E-state index >= 15 is 0 Å². The number of hydrogen-bond acceptors (Lipinski definition) is 4. The van der Waals surface area contributed by atoms with Crippen molar-refractivity contribution in [2.45, 2.75) is 63.8 Å². The molecule has 2 aromatic carbocycles. The Morgan fingerprint density at radius 3 is 1.85 bits per heavy atom. The second kappa shape index (κ2) is 12.7. The molecule has 0 bridgehead atoms. The number of carbonyl (C=O) groups is 3. The summed E-state index contributed by atoms with van der Waals surface area (Å²) >= 11 is 0. The van der Waals surface area contributed by atoms with Gasteiger partial charge < -0.3 is 15.1 Å². The Kier molecular flexibility index (Phi) is 9.44. The Balaban J connectivity index is 1.62. The van der Waals surface area contributed by atoms with Gasteiger partial charge in [0.15, 0.2) is 0 Å². The van der Waals surface area contributed by atoms with Gasteiger partial charge in [-0.3, -0.25) is 14.4 Å². The first kappa shape index (κ1) is 25.2. The Hall–Kier alpha value is -3.41. The molecule has 0 aliphatic carbocycles. The van der Waals surface area contributed by atoms with Gasteiger partial charge in [0, 0.05) is 18.5 Å². The lowest BCUT2D eigenvalue weighted by atomic mass is 9.95. The Bertz CT molecular complexity index is 1000. The predicted molar refractivity (Wildman–Crippen MR) is 131 cm³/mol. The number of aliphatic carboxylic acids is 1. The number of likely N-dealkylation sites (tertiary alicyclic amines) is 1. The molecule has 1 saturated heterocycles. The summed E-state index contributed by atoms with van der Waals surface area (Å²) in [6.45, 7) is 0.453. The summed E-state index contributed by atoms with van der Waals surface area (Å²) in [5.74, 6) is -2.08. The lowest BCUT2D eigenvalue weighted by Gasteiger charge is -2.25. The molecular formula is C28H33NO5. The highest BCUT2D eigenvalue weighted by atomic mass is 16.4. The molecule has 1 unspecified atom stereocenters. The minimum atomic E-state index is -0.737. The van der Waals surface area contributed by atoms with Crippen LogP contribution in [0.15, 0.2) is 66.2 Å². The largest absolute Gasteiger partial charge is 0.507 e. The van der Waals surface area contributed by atoms with E-state index in [4.69, 9.17) is 5.11 Å². The van der Waals surface area contributed by atoms with Gasteiger partial charge in [-0.2, -0.15) is 0 Å². The standard InChI is InChI=1S/C28H33NO5/c30-23(31)19-13-5-3-1-2-4-6-14-20-29-25(21-15-9-7-10-16-21)24(27(33)28(29)34)26(32)22-17-11-8-12-18-22/h7-12,15-18,25,32H,1-6,13-14,19-20H2,(H,30,31). The fourth-order valence-electron chi connectivity index (χ4n) is 4.46. The minimum Gasteiger partial charge on any atom is -0.507 e. The number of unbranched alkanes of at least 4 members (excludes halogenated alkanes) is 7. The molecule has 1 aliphatic heterocycles. The van der Waals surface area contributed by atoms with Crippen molar-refractivity contribution < 1.29 is 24.6 Å². The zero-order chi connectivity index (χ0) is 24.3. The van der Waals surface area contributed by atoms with Gasteiger partial charge in [0.1, 0.15) is 5.76 Å². The number of carboxylic acid groups (broad SMARTS) is 1. The van der Waals surface area contributed by atoms with E-state index in [0.29, 0.717) is 12.1 Å². The second-order valence-electron chi connectivity index (χ2n) is 8.74. The summed E-state index contributed by atoms with van der Waals surface area (Å²) in [5, 5.41) is 19.6. The van der Waals surface area contributed by atoms with Crippen LogP contribution in [0.25, 0.3) is 5.76 Å². The summed E-state index contributed by atoms with van der Waals surface area (Å²) in [7, 11) is 0. The average molecular weight is 464 g/mol. The van der Waals surface area contributed by atoms with Crippen molar-refractivity contribution in [3.8, 4) is 0 Å². The van der Waals surface area contributed by atoms with Crippen LogP contribution >= 0.6 is 0 Å². The van der Waals surface area contributed by atoms with Crippen LogP contribution in [-0.4, -0.2) is 39.3 Å². The summed E-state index contributed by atoms with van der Waals surface area (Å²) in [4.78, 5) is 38.0. The van der Waals surface area contributed by atoms with Gasteiger partial charge in [-0.25, -0.2) is 0 Å². The fourth-order valence-corrected chi connectivity index (χ4v) is 4.46. The molecule has 0 saturated carbocycles. The van der Waals surface area contributed by atoms with Crippen LogP contribution in [0.4, 0.5) is 0 Å². The van der Waals surface area contributed by atoms with Gasteiger partial charge in [-0.05, 0) is 18.4 Å². The number of ketones is 1. The first-order valence-electron chi connectivity index (χ1n) is 12.1. The molecule has 0 aromatic heterocycles. The third-order valence-corrected chi connectivity index (χ3v) is 6.24. The van der Waals surface area contributed by atoms with Gasteiger partial charge in [0.05, 0.1) is 11.6 Å². The van der Waals surface area contributed by atoms with Crippen molar-refractivity contribution >= 4 is 23.4 Å². The molecule has 3 rings (SSSR count). The number of nitrogens with zero attached hydrogens (tertiary/aromatic N) is 1. The number of amides is 1. The van der Waals surface area contributed by atoms with Crippen LogP contribution in [0.2, 0.25) is 0 Å². The molecule has 34 heavy (non-hydrogen) atoms. The number of hydrogen-bond donors (Lipinski definition) is 2. The summed E-state index contributed by atoms with van der Waals surface area (Å²) in [6.07, 6.45) is 7.84. The Morgan fingerprint density at radius 2 is 1.26 bits per heavy atom. The molecule has 2 aromatic rings. The molecule has 1 fully saturated rings. The maximum Gasteiger partial charge on any atom is 0.303 e. The number of carboxylic acids is 1. The van der Waals surface area contributed by atoms with Gasteiger partial charge in [-0.15, -0.1) is 0 Å². The summed E-state index contributed by atoms with van der Waals surface area (Å²) in [6, 6.07) is 17.6. The van der Waals surface area contributed by atoms with Crippen LogP contribution in [0.3, 0.4) is 0 Å². The SMILES string of the molecule is O=C(O)CCCCCCCCCCN1C(=O)C(=O)C(=C(O)c2ccccc2)C1c1ccccc1. The maximum atomic E-state index is 13.0. The Morgan fingerprint density at radius 1 is 0.735 bits per heavy atom. The van der Waals surface area contributed by atoms with E-state index in [-0.39, 0.29) is 17.8 Å². The van der Waals surface area contributed by atoms with Crippen molar-refractivity contribution in [2.24, 2.45) is 0 Å². The monoisotopic (exact) mass is 463 g/mol. The van der Waals surface area contributed by atoms with Gasteiger partial charge in [0.25, 0.3) is 11.7 Å². The second-order valence-corrected chi connectivity index (χ2v) is 8.74. The van der Waals surface area contributed by atoms with E-state index in [1.54, 1.807) is 29.2 Å². The number of aliphatic hydroxyl groups is 1. The number of Topliss-reactive ketones (excluding diaryl/α,β-unsaturated/α-hetero) is 1. The van der Waals surface area contributed by atoms with E-state index in [2.05, 4.69) is 0 Å². The van der Waals surface area contributed by atoms with E-state index in [1.165, 1.54) is 0 Å². The number of rotatable bonds is 13. The van der Waals surface area contributed by atoms with Crippen LogP contribution in [0, 0.1) is 0 Å². The zero-order valence-electron chi connectivity index (χ0n) is 19.5. The predicted octanol–water partition coefficient (Wildman–Crippen LogP) is 5.70. The van der Waals surface area contributed by atoms with Crippen molar-refractivity contribution in [1.82, 2.24) is 4.90 Å². The van der Waals surface area contributed by atoms with Crippen molar-refractivity contribution in [3.63, 3.8) is 0 Å². The lowest BCUT2D eigenvalue weighted by molar-refractivity contribution is -0.140. The van der Waals surface area contributed by atoms with Crippen molar-refractivity contribution in [3.05, 3.63) is 77.4 Å². The van der Waals surface area contributed by atoms with E-state index in [0.717, 1.165) is 56.9 Å². The molecule has 1 aliphatic rings. The van der Waals surface area contributed by atoms with Crippen LogP contribution in [0.5, 0.6) is 0 Å². The normalized spacial score (nSPS) is 17.3. The van der Waals surface area contributed by atoms with E-state index in [9.17, 15) is 19.5 Å². The molecule has 1 amide bonds. The minimum absolute atomic E-state index is 0.141. The highest BCUT2D eigenvalue weighted by Gasteiger charge is 2.45. The fraction of sp³-hybridized carbons (Fsp3) is 0.393. The molecule has 6 heteroatoms. The van der Waals surface area contributed by atoms with Crippen LogP contribution in [-0.2, 0) is 14.4 Å². The lowest BCUT2D eigenvalue weighted by Crippen LogP contribution is -2.30. The molecule has 6 nitrogen and oxygen atoms in total. The maximum absolute atomic E-state index is 13.0. The first-order chi connectivity index (χ1) is 16.5. The summed E-state index contributed by atoms with van der Waals surface area (Å²) in [5.41, 5.74) is 1.47. The number of benzene rings is 2. The zero-order valence-corrected chi connectivity index (χ0v) is 19.5. The summed E-state index contributed by atoms with van der Waals surface area (Å²) < 4.78 is 0. The molecular weight excluding hydrogens is 430 g/mol. The van der Waals surface area contributed by atoms with E-state index < -0.39 is 23.7 Å². The average Bonchev–Trinajstić information content (AvgIpc) is 3.10. The molecule has 0 spiro atoms. The van der Waals surface area contributed by atoms with Gasteiger partial charge >= 0.3 is 5.97 Å². The quantitative estimate of drug-likeness (QED) is 0.172. The molecule has 1 atom stereocenters. The van der Waals surface area contributed by atoms with Crippen molar-refractivity contribution in [1.29, 1.82) is 0 Å². The number of carbonyl (C=O) groups excluding carboxylic acids is 2. The van der Waals surface area contributed by atoms with Crippen molar-refractivity contribution in [2.75, 3.05) is 6.54 Å². The van der Waals surface area contributed by atoms with Gasteiger partial charge in [0.2, 0.25) is 0 Å².